The molecule has 0 saturated heterocycles. The van der Waals surface area contributed by atoms with Gasteiger partial charge < -0.3 is 11.5 Å². The first-order valence-electron chi connectivity index (χ1n) is 5.71. The first kappa shape index (κ1) is 13.2. The fourth-order valence-corrected chi connectivity index (χ4v) is 1.79. The molecule has 1 aromatic rings. The molecular formula is C13H18N2O2. The SMILES string of the molecule is NC(=O)C[C@@H](CCCc1ccccc1)C(N)=O. The van der Waals surface area contributed by atoms with Crippen molar-refractivity contribution in [1.82, 2.24) is 0 Å². The molecule has 0 aliphatic carbocycles. The standard InChI is InChI=1S/C13H18N2O2/c14-12(16)9-11(13(15)17)8-4-7-10-5-2-1-3-6-10/h1-3,5-6,11H,4,7-9H2,(H2,14,16)(H2,15,17)/t11-/m1/s1. The molecule has 4 nitrogen and oxygen atoms in total. The van der Waals surface area contributed by atoms with Crippen molar-refractivity contribution in [2.45, 2.75) is 25.7 Å². The molecule has 92 valence electrons. The molecule has 0 spiro atoms. The van der Waals surface area contributed by atoms with Gasteiger partial charge in [0.2, 0.25) is 11.8 Å². The Morgan fingerprint density at radius 3 is 2.29 bits per heavy atom. The molecule has 17 heavy (non-hydrogen) atoms. The van der Waals surface area contributed by atoms with E-state index >= 15 is 0 Å². The van der Waals surface area contributed by atoms with E-state index in [9.17, 15) is 9.59 Å². The summed E-state index contributed by atoms with van der Waals surface area (Å²) in [6.45, 7) is 0. The Kier molecular flexibility index (Phi) is 5.20. The van der Waals surface area contributed by atoms with Crippen LogP contribution in [0.4, 0.5) is 0 Å². The van der Waals surface area contributed by atoms with Crippen molar-refractivity contribution in [3.8, 4) is 0 Å². The van der Waals surface area contributed by atoms with Gasteiger partial charge in [0.25, 0.3) is 0 Å². The molecule has 0 bridgehead atoms. The predicted octanol–water partition coefficient (Wildman–Crippen LogP) is 0.986. The van der Waals surface area contributed by atoms with E-state index in [2.05, 4.69) is 0 Å². The highest BCUT2D eigenvalue weighted by Crippen LogP contribution is 2.13. The molecule has 0 aliphatic heterocycles. The molecule has 1 rings (SSSR count). The van der Waals surface area contributed by atoms with Gasteiger partial charge in [-0.3, -0.25) is 9.59 Å². The topological polar surface area (TPSA) is 86.2 Å². The molecule has 0 aliphatic rings. The van der Waals surface area contributed by atoms with Crippen molar-refractivity contribution in [3.05, 3.63) is 35.9 Å². The van der Waals surface area contributed by atoms with Gasteiger partial charge in [0.15, 0.2) is 0 Å². The summed E-state index contributed by atoms with van der Waals surface area (Å²) in [5.74, 6) is -1.36. The number of rotatable bonds is 7. The lowest BCUT2D eigenvalue weighted by atomic mass is 9.96. The van der Waals surface area contributed by atoms with E-state index < -0.39 is 17.7 Å². The molecule has 1 atom stereocenters. The van der Waals surface area contributed by atoms with Crippen LogP contribution in [0.15, 0.2) is 30.3 Å². The first-order valence-corrected chi connectivity index (χ1v) is 5.71. The Morgan fingerprint density at radius 1 is 1.12 bits per heavy atom. The molecule has 0 unspecified atom stereocenters. The lowest BCUT2D eigenvalue weighted by Gasteiger charge is -2.10. The van der Waals surface area contributed by atoms with Crippen molar-refractivity contribution in [1.29, 1.82) is 0 Å². The van der Waals surface area contributed by atoms with E-state index in [1.54, 1.807) is 0 Å². The summed E-state index contributed by atoms with van der Waals surface area (Å²) < 4.78 is 0. The van der Waals surface area contributed by atoms with Crippen molar-refractivity contribution < 1.29 is 9.59 Å². The second kappa shape index (κ2) is 6.68. The van der Waals surface area contributed by atoms with Crippen LogP contribution in [0.5, 0.6) is 0 Å². The number of hydrogen-bond acceptors (Lipinski definition) is 2. The maximum Gasteiger partial charge on any atom is 0.221 e. The fraction of sp³-hybridized carbons (Fsp3) is 0.385. The highest BCUT2D eigenvalue weighted by molar-refractivity contribution is 5.83. The smallest absolute Gasteiger partial charge is 0.221 e. The van der Waals surface area contributed by atoms with E-state index in [-0.39, 0.29) is 6.42 Å². The molecule has 0 fully saturated rings. The molecule has 0 aromatic heterocycles. The molecule has 2 amide bonds. The number of hydrogen-bond donors (Lipinski definition) is 2. The Balaban J connectivity index is 2.37. The summed E-state index contributed by atoms with van der Waals surface area (Å²) in [4.78, 5) is 21.9. The third-order valence-electron chi connectivity index (χ3n) is 2.71. The van der Waals surface area contributed by atoms with E-state index in [1.807, 2.05) is 30.3 Å². The van der Waals surface area contributed by atoms with Crippen LogP contribution in [-0.2, 0) is 16.0 Å². The number of benzene rings is 1. The van der Waals surface area contributed by atoms with Crippen LogP contribution in [-0.4, -0.2) is 11.8 Å². The number of carbonyl (C=O) groups excluding carboxylic acids is 2. The second-order valence-corrected chi connectivity index (χ2v) is 4.15. The Labute approximate surface area is 101 Å². The zero-order chi connectivity index (χ0) is 12.7. The van der Waals surface area contributed by atoms with Crippen molar-refractivity contribution in [3.63, 3.8) is 0 Å². The van der Waals surface area contributed by atoms with Crippen LogP contribution in [0, 0.1) is 5.92 Å². The average Bonchev–Trinajstić information content (AvgIpc) is 2.28. The summed E-state index contributed by atoms with van der Waals surface area (Å²) in [7, 11) is 0. The maximum absolute atomic E-state index is 11.1. The number of primary amides is 2. The van der Waals surface area contributed by atoms with Crippen LogP contribution in [0.1, 0.15) is 24.8 Å². The Morgan fingerprint density at radius 2 is 1.76 bits per heavy atom. The summed E-state index contributed by atoms with van der Waals surface area (Å²) >= 11 is 0. The maximum atomic E-state index is 11.1. The third kappa shape index (κ3) is 5.15. The second-order valence-electron chi connectivity index (χ2n) is 4.15. The van der Waals surface area contributed by atoms with Gasteiger partial charge in [0.1, 0.15) is 0 Å². The minimum Gasteiger partial charge on any atom is -0.370 e. The van der Waals surface area contributed by atoms with Crippen molar-refractivity contribution in [2.24, 2.45) is 17.4 Å². The van der Waals surface area contributed by atoms with E-state index in [4.69, 9.17) is 11.5 Å². The zero-order valence-corrected chi connectivity index (χ0v) is 9.76. The van der Waals surface area contributed by atoms with Gasteiger partial charge in [-0.2, -0.15) is 0 Å². The van der Waals surface area contributed by atoms with Crippen LogP contribution in [0.25, 0.3) is 0 Å². The normalized spacial score (nSPS) is 12.0. The minimum atomic E-state index is -0.478. The summed E-state index contributed by atoms with van der Waals surface area (Å²) in [6, 6.07) is 9.98. The van der Waals surface area contributed by atoms with Gasteiger partial charge in [-0.25, -0.2) is 0 Å². The molecular weight excluding hydrogens is 216 g/mol. The number of aryl methyl sites for hydroxylation is 1. The summed E-state index contributed by atoms with van der Waals surface area (Å²) in [5, 5.41) is 0. The Hall–Kier alpha value is -1.84. The molecule has 4 N–H and O–H groups in total. The van der Waals surface area contributed by atoms with Crippen LogP contribution >= 0.6 is 0 Å². The zero-order valence-electron chi connectivity index (χ0n) is 9.76. The van der Waals surface area contributed by atoms with Gasteiger partial charge in [-0.05, 0) is 24.8 Å². The van der Waals surface area contributed by atoms with Gasteiger partial charge >= 0.3 is 0 Å². The van der Waals surface area contributed by atoms with Crippen molar-refractivity contribution in [2.75, 3.05) is 0 Å². The van der Waals surface area contributed by atoms with E-state index in [0.717, 1.165) is 12.8 Å². The molecule has 4 heteroatoms. The lowest BCUT2D eigenvalue weighted by molar-refractivity contribution is -0.127. The van der Waals surface area contributed by atoms with E-state index in [0.29, 0.717) is 6.42 Å². The minimum absolute atomic E-state index is 0.0458. The molecule has 1 aromatic carbocycles. The number of amides is 2. The van der Waals surface area contributed by atoms with Crippen LogP contribution in [0.3, 0.4) is 0 Å². The van der Waals surface area contributed by atoms with E-state index in [1.165, 1.54) is 5.56 Å². The third-order valence-corrected chi connectivity index (χ3v) is 2.71. The van der Waals surface area contributed by atoms with Crippen LogP contribution < -0.4 is 11.5 Å². The van der Waals surface area contributed by atoms with Crippen LogP contribution in [0.2, 0.25) is 0 Å². The quantitative estimate of drug-likeness (QED) is 0.737. The number of nitrogens with two attached hydrogens (primary N) is 2. The monoisotopic (exact) mass is 234 g/mol. The molecule has 0 heterocycles. The summed E-state index contributed by atoms with van der Waals surface area (Å²) in [5.41, 5.74) is 11.5. The fourth-order valence-electron chi connectivity index (χ4n) is 1.79. The van der Waals surface area contributed by atoms with Gasteiger partial charge in [-0.1, -0.05) is 30.3 Å². The van der Waals surface area contributed by atoms with Crippen molar-refractivity contribution >= 4 is 11.8 Å². The summed E-state index contributed by atoms with van der Waals surface area (Å²) in [6.07, 6.45) is 2.35. The highest BCUT2D eigenvalue weighted by Gasteiger charge is 2.17. The average molecular weight is 234 g/mol. The largest absolute Gasteiger partial charge is 0.370 e. The number of carbonyl (C=O) groups is 2. The molecule has 0 saturated carbocycles. The predicted molar refractivity (Wildman–Crippen MR) is 65.9 cm³/mol. The van der Waals surface area contributed by atoms with Gasteiger partial charge in [0, 0.05) is 12.3 Å². The Bertz CT molecular complexity index is 376. The lowest BCUT2D eigenvalue weighted by Crippen LogP contribution is -2.28. The van der Waals surface area contributed by atoms with Gasteiger partial charge in [-0.15, -0.1) is 0 Å². The van der Waals surface area contributed by atoms with Gasteiger partial charge in [0.05, 0.1) is 0 Å². The highest BCUT2D eigenvalue weighted by atomic mass is 16.2. The molecule has 0 radical (unpaired) electrons. The first-order chi connectivity index (χ1) is 8.09.